The number of nitrogens with zero attached hydrogens (tertiary/aromatic N) is 1. The van der Waals surface area contributed by atoms with Crippen molar-refractivity contribution >= 4 is 0 Å². The molecule has 0 saturated heterocycles. The highest BCUT2D eigenvalue weighted by Crippen LogP contribution is 2.14. The Balaban J connectivity index is 2.79. The highest BCUT2D eigenvalue weighted by atomic mass is 19.1. The monoisotopic (exact) mass is 238 g/mol. The first-order valence-electron chi connectivity index (χ1n) is 6.41. The number of nitrogens with two attached hydrogens (primary N) is 1. The minimum absolute atomic E-state index is 0.176. The Kier molecular flexibility index (Phi) is 6.16. The van der Waals surface area contributed by atoms with Crippen LogP contribution in [0.1, 0.15) is 37.8 Å². The quantitative estimate of drug-likeness (QED) is 0.791. The fourth-order valence-corrected chi connectivity index (χ4v) is 2.08. The summed E-state index contributed by atoms with van der Waals surface area (Å²) in [5.41, 5.74) is 7.75. The van der Waals surface area contributed by atoms with Crippen molar-refractivity contribution < 1.29 is 4.39 Å². The number of halogens is 1. The van der Waals surface area contributed by atoms with Gasteiger partial charge in [-0.15, -0.1) is 0 Å². The van der Waals surface area contributed by atoms with Crippen LogP contribution in [0.3, 0.4) is 0 Å². The Morgan fingerprint density at radius 1 is 1.12 bits per heavy atom. The maximum Gasteiger partial charge on any atom is 0.123 e. The van der Waals surface area contributed by atoms with Crippen molar-refractivity contribution in [2.75, 3.05) is 13.1 Å². The second-order valence-electron chi connectivity index (χ2n) is 4.39. The van der Waals surface area contributed by atoms with E-state index in [0.717, 1.165) is 43.6 Å². The highest BCUT2D eigenvalue weighted by Gasteiger charge is 2.08. The van der Waals surface area contributed by atoms with Crippen LogP contribution in [0.2, 0.25) is 0 Å². The van der Waals surface area contributed by atoms with Gasteiger partial charge in [-0.3, -0.25) is 4.90 Å². The minimum atomic E-state index is -0.176. The molecule has 0 atom stereocenters. The van der Waals surface area contributed by atoms with Gasteiger partial charge in [0.15, 0.2) is 0 Å². The van der Waals surface area contributed by atoms with Gasteiger partial charge < -0.3 is 5.73 Å². The van der Waals surface area contributed by atoms with Crippen LogP contribution in [-0.2, 0) is 13.1 Å². The Labute approximate surface area is 104 Å². The topological polar surface area (TPSA) is 29.3 Å². The largest absolute Gasteiger partial charge is 0.326 e. The van der Waals surface area contributed by atoms with Crippen molar-refractivity contribution in [2.24, 2.45) is 5.73 Å². The Morgan fingerprint density at radius 2 is 1.76 bits per heavy atom. The van der Waals surface area contributed by atoms with Crippen LogP contribution >= 0.6 is 0 Å². The number of benzene rings is 1. The lowest BCUT2D eigenvalue weighted by Gasteiger charge is -2.22. The zero-order chi connectivity index (χ0) is 12.7. The van der Waals surface area contributed by atoms with Gasteiger partial charge in [0, 0.05) is 13.1 Å². The van der Waals surface area contributed by atoms with Crippen LogP contribution in [0.15, 0.2) is 18.2 Å². The molecule has 0 fully saturated rings. The molecule has 17 heavy (non-hydrogen) atoms. The van der Waals surface area contributed by atoms with E-state index in [0.29, 0.717) is 6.54 Å². The molecule has 96 valence electrons. The number of hydrogen-bond donors (Lipinski definition) is 1. The zero-order valence-electron chi connectivity index (χ0n) is 10.9. The maximum absolute atomic E-state index is 13.2. The summed E-state index contributed by atoms with van der Waals surface area (Å²) in [6.45, 7) is 7.70. The Hall–Kier alpha value is -0.930. The molecule has 0 saturated carbocycles. The summed E-state index contributed by atoms with van der Waals surface area (Å²) in [7, 11) is 0. The fraction of sp³-hybridized carbons (Fsp3) is 0.571. The normalized spacial score (nSPS) is 11.1. The van der Waals surface area contributed by atoms with Gasteiger partial charge in [0.2, 0.25) is 0 Å². The SMILES string of the molecule is CCCN(CCC)Cc1cc(F)ccc1CN. The lowest BCUT2D eigenvalue weighted by molar-refractivity contribution is 0.265. The van der Waals surface area contributed by atoms with Gasteiger partial charge in [0.25, 0.3) is 0 Å². The average Bonchev–Trinajstić information content (AvgIpc) is 2.30. The summed E-state index contributed by atoms with van der Waals surface area (Å²) in [6, 6.07) is 4.89. The molecule has 0 heterocycles. The van der Waals surface area contributed by atoms with E-state index in [1.807, 2.05) is 0 Å². The van der Waals surface area contributed by atoms with Gasteiger partial charge in [0.1, 0.15) is 5.82 Å². The van der Waals surface area contributed by atoms with E-state index < -0.39 is 0 Å². The number of hydrogen-bond acceptors (Lipinski definition) is 2. The van der Waals surface area contributed by atoms with E-state index in [2.05, 4.69) is 18.7 Å². The van der Waals surface area contributed by atoms with Crippen molar-refractivity contribution in [1.82, 2.24) is 4.90 Å². The molecule has 2 N–H and O–H groups in total. The first kappa shape index (κ1) is 14.1. The first-order valence-corrected chi connectivity index (χ1v) is 6.41. The summed E-state index contributed by atoms with van der Waals surface area (Å²) < 4.78 is 13.2. The van der Waals surface area contributed by atoms with E-state index in [-0.39, 0.29) is 5.82 Å². The smallest absolute Gasteiger partial charge is 0.123 e. The van der Waals surface area contributed by atoms with E-state index in [9.17, 15) is 4.39 Å². The van der Waals surface area contributed by atoms with Crippen molar-refractivity contribution in [3.8, 4) is 0 Å². The molecule has 1 aromatic rings. The molecule has 0 unspecified atom stereocenters. The fourth-order valence-electron chi connectivity index (χ4n) is 2.08. The molecule has 0 aliphatic rings. The molecule has 0 radical (unpaired) electrons. The predicted octanol–water partition coefficient (Wildman–Crippen LogP) is 2.91. The summed E-state index contributed by atoms with van der Waals surface area (Å²) in [5, 5.41) is 0. The minimum Gasteiger partial charge on any atom is -0.326 e. The molecule has 1 aromatic carbocycles. The van der Waals surface area contributed by atoms with Crippen LogP contribution in [0.5, 0.6) is 0 Å². The lowest BCUT2D eigenvalue weighted by atomic mass is 10.1. The van der Waals surface area contributed by atoms with Crippen molar-refractivity contribution in [1.29, 1.82) is 0 Å². The van der Waals surface area contributed by atoms with Crippen molar-refractivity contribution in [3.05, 3.63) is 35.1 Å². The van der Waals surface area contributed by atoms with Gasteiger partial charge in [-0.05, 0) is 49.2 Å². The molecule has 0 aliphatic heterocycles. The third-order valence-corrected chi connectivity index (χ3v) is 2.86. The van der Waals surface area contributed by atoms with Crippen LogP contribution in [0.25, 0.3) is 0 Å². The van der Waals surface area contributed by atoms with E-state index in [1.165, 1.54) is 6.07 Å². The van der Waals surface area contributed by atoms with E-state index in [4.69, 9.17) is 5.73 Å². The van der Waals surface area contributed by atoms with Crippen molar-refractivity contribution in [3.63, 3.8) is 0 Å². The van der Waals surface area contributed by atoms with Gasteiger partial charge >= 0.3 is 0 Å². The summed E-state index contributed by atoms with van der Waals surface area (Å²) in [5.74, 6) is -0.176. The van der Waals surface area contributed by atoms with E-state index >= 15 is 0 Å². The third kappa shape index (κ3) is 4.44. The average molecular weight is 238 g/mol. The van der Waals surface area contributed by atoms with Gasteiger partial charge in [-0.25, -0.2) is 4.39 Å². The molecule has 0 aromatic heterocycles. The second-order valence-corrected chi connectivity index (χ2v) is 4.39. The Bertz CT molecular complexity index is 333. The molecule has 0 amide bonds. The molecule has 0 bridgehead atoms. The molecule has 0 aliphatic carbocycles. The molecule has 1 rings (SSSR count). The maximum atomic E-state index is 13.2. The van der Waals surface area contributed by atoms with Crippen molar-refractivity contribution in [2.45, 2.75) is 39.8 Å². The molecule has 2 nitrogen and oxygen atoms in total. The van der Waals surface area contributed by atoms with Crippen LogP contribution in [0.4, 0.5) is 4.39 Å². The zero-order valence-corrected chi connectivity index (χ0v) is 10.9. The summed E-state index contributed by atoms with van der Waals surface area (Å²) >= 11 is 0. The van der Waals surface area contributed by atoms with Crippen LogP contribution < -0.4 is 5.73 Å². The van der Waals surface area contributed by atoms with Crippen LogP contribution in [-0.4, -0.2) is 18.0 Å². The predicted molar refractivity (Wildman–Crippen MR) is 70.2 cm³/mol. The highest BCUT2D eigenvalue weighted by molar-refractivity contribution is 5.27. The molecular weight excluding hydrogens is 215 g/mol. The standard InChI is InChI=1S/C14H23FN2/c1-3-7-17(8-4-2)11-13-9-14(15)6-5-12(13)10-16/h5-6,9H,3-4,7-8,10-11,16H2,1-2H3. The number of rotatable bonds is 7. The molecular formula is C14H23FN2. The van der Waals surface area contributed by atoms with Gasteiger partial charge in [-0.2, -0.15) is 0 Å². The summed E-state index contributed by atoms with van der Waals surface area (Å²) in [4.78, 5) is 2.36. The molecule has 3 heteroatoms. The molecule has 0 spiro atoms. The van der Waals surface area contributed by atoms with E-state index in [1.54, 1.807) is 12.1 Å². The van der Waals surface area contributed by atoms with Gasteiger partial charge in [0.05, 0.1) is 0 Å². The summed E-state index contributed by atoms with van der Waals surface area (Å²) in [6.07, 6.45) is 2.24. The first-order chi connectivity index (χ1) is 8.21. The lowest BCUT2D eigenvalue weighted by Crippen LogP contribution is -2.25. The van der Waals surface area contributed by atoms with Gasteiger partial charge in [-0.1, -0.05) is 19.9 Å². The third-order valence-electron chi connectivity index (χ3n) is 2.86. The van der Waals surface area contributed by atoms with Crippen LogP contribution in [0, 0.1) is 5.82 Å². The second kappa shape index (κ2) is 7.41. The Morgan fingerprint density at radius 3 is 2.29 bits per heavy atom.